The molecule has 5 heteroatoms. The Hall–Kier alpha value is -0.570. The van der Waals surface area contributed by atoms with Gasteiger partial charge < -0.3 is 0 Å². The standard InChI is InChI=1S/C8H3Cl3N2/c9-4-2-1-3-5-6(4)13-8(11)7(10)12-5/h1-3H. The first-order valence-corrected chi connectivity index (χ1v) is 4.59. The van der Waals surface area contributed by atoms with Crippen molar-refractivity contribution in [2.45, 2.75) is 0 Å². The molecule has 1 aromatic heterocycles. The molecule has 0 radical (unpaired) electrons. The fraction of sp³-hybridized carbons (Fsp3) is 0. The Bertz CT molecular complexity index is 470. The van der Waals surface area contributed by atoms with Crippen LogP contribution in [0.4, 0.5) is 0 Å². The summed E-state index contributed by atoms with van der Waals surface area (Å²) in [7, 11) is 0. The van der Waals surface area contributed by atoms with Crippen LogP contribution in [0.25, 0.3) is 11.0 Å². The molecule has 0 saturated carbocycles. The van der Waals surface area contributed by atoms with Crippen LogP contribution in [0.2, 0.25) is 15.3 Å². The lowest BCUT2D eigenvalue weighted by molar-refractivity contribution is 1.29. The predicted molar refractivity (Wildman–Crippen MR) is 54.6 cm³/mol. The molecule has 0 fully saturated rings. The largest absolute Gasteiger partial charge is 0.231 e. The van der Waals surface area contributed by atoms with E-state index in [1.54, 1.807) is 18.2 Å². The summed E-state index contributed by atoms with van der Waals surface area (Å²) in [5.74, 6) is 0. The Morgan fingerprint density at radius 3 is 2.38 bits per heavy atom. The quantitative estimate of drug-likeness (QED) is 0.695. The molecule has 0 N–H and O–H groups in total. The zero-order chi connectivity index (χ0) is 9.42. The molecule has 0 atom stereocenters. The van der Waals surface area contributed by atoms with E-state index in [9.17, 15) is 0 Å². The van der Waals surface area contributed by atoms with Crippen molar-refractivity contribution in [1.82, 2.24) is 9.97 Å². The van der Waals surface area contributed by atoms with E-state index in [1.807, 2.05) is 0 Å². The second-order valence-electron chi connectivity index (χ2n) is 2.41. The third kappa shape index (κ3) is 1.57. The van der Waals surface area contributed by atoms with Crippen molar-refractivity contribution < 1.29 is 0 Å². The summed E-state index contributed by atoms with van der Waals surface area (Å²) in [5, 5.41) is 0.877. The van der Waals surface area contributed by atoms with Crippen LogP contribution < -0.4 is 0 Å². The van der Waals surface area contributed by atoms with Crippen LogP contribution in [-0.4, -0.2) is 9.97 Å². The van der Waals surface area contributed by atoms with Gasteiger partial charge in [-0.2, -0.15) is 0 Å². The van der Waals surface area contributed by atoms with Crippen molar-refractivity contribution in [3.63, 3.8) is 0 Å². The van der Waals surface area contributed by atoms with Crippen molar-refractivity contribution in [1.29, 1.82) is 0 Å². The normalized spacial score (nSPS) is 10.7. The van der Waals surface area contributed by atoms with E-state index in [-0.39, 0.29) is 10.3 Å². The maximum atomic E-state index is 5.88. The van der Waals surface area contributed by atoms with Gasteiger partial charge in [-0.3, -0.25) is 0 Å². The number of aromatic nitrogens is 2. The molecule has 2 nitrogen and oxygen atoms in total. The topological polar surface area (TPSA) is 25.8 Å². The highest BCUT2D eigenvalue weighted by atomic mass is 35.5. The third-order valence-electron chi connectivity index (χ3n) is 1.56. The minimum Gasteiger partial charge on any atom is -0.231 e. The van der Waals surface area contributed by atoms with Crippen LogP contribution in [0.15, 0.2) is 18.2 Å². The minimum absolute atomic E-state index is 0.169. The molecule has 0 bridgehead atoms. The monoisotopic (exact) mass is 232 g/mol. The Balaban J connectivity index is 2.89. The highest BCUT2D eigenvalue weighted by Crippen LogP contribution is 2.25. The molecule has 0 amide bonds. The predicted octanol–water partition coefficient (Wildman–Crippen LogP) is 3.59. The van der Waals surface area contributed by atoms with Gasteiger partial charge >= 0.3 is 0 Å². The van der Waals surface area contributed by atoms with Gasteiger partial charge in [0.2, 0.25) is 0 Å². The molecule has 1 heterocycles. The van der Waals surface area contributed by atoms with Crippen molar-refractivity contribution in [3.05, 3.63) is 33.5 Å². The Labute approximate surface area is 89.5 Å². The van der Waals surface area contributed by atoms with E-state index < -0.39 is 0 Å². The highest BCUT2D eigenvalue weighted by Gasteiger charge is 2.06. The van der Waals surface area contributed by atoms with Gasteiger partial charge in [0.05, 0.1) is 10.5 Å². The summed E-state index contributed by atoms with van der Waals surface area (Å²) in [5.41, 5.74) is 1.21. The summed E-state index contributed by atoms with van der Waals surface area (Å²) in [6.07, 6.45) is 0. The molecule has 0 spiro atoms. The maximum Gasteiger partial charge on any atom is 0.167 e. The lowest BCUT2D eigenvalue weighted by Gasteiger charge is -2.00. The Morgan fingerprint density at radius 1 is 0.923 bits per heavy atom. The molecule has 66 valence electrons. The van der Waals surface area contributed by atoms with Gasteiger partial charge in [-0.25, -0.2) is 9.97 Å². The SMILES string of the molecule is Clc1nc2cccc(Cl)c2nc1Cl. The molecular formula is C8H3Cl3N2. The van der Waals surface area contributed by atoms with E-state index in [0.717, 1.165) is 0 Å². The van der Waals surface area contributed by atoms with Crippen LogP contribution in [-0.2, 0) is 0 Å². The zero-order valence-corrected chi connectivity index (χ0v) is 8.53. The molecule has 0 unspecified atom stereocenters. The number of para-hydroxylation sites is 1. The van der Waals surface area contributed by atoms with E-state index in [0.29, 0.717) is 16.1 Å². The van der Waals surface area contributed by atoms with E-state index >= 15 is 0 Å². The minimum atomic E-state index is 0.169. The first kappa shape index (κ1) is 9.00. The van der Waals surface area contributed by atoms with Crippen LogP contribution in [0, 0.1) is 0 Å². The van der Waals surface area contributed by atoms with Crippen molar-refractivity contribution in [2.75, 3.05) is 0 Å². The molecule has 13 heavy (non-hydrogen) atoms. The zero-order valence-electron chi connectivity index (χ0n) is 6.26. The van der Waals surface area contributed by atoms with Crippen molar-refractivity contribution in [3.8, 4) is 0 Å². The Kier molecular flexibility index (Phi) is 2.28. The van der Waals surface area contributed by atoms with Crippen molar-refractivity contribution >= 4 is 45.8 Å². The molecule has 2 aromatic rings. The summed E-state index contributed by atoms with van der Waals surface area (Å²) < 4.78 is 0. The lowest BCUT2D eigenvalue weighted by Crippen LogP contribution is -1.86. The molecule has 0 saturated heterocycles. The fourth-order valence-electron chi connectivity index (χ4n) is 1.00. The number of nitrogens with zero attached hydrogens (tertiary/aromatic N) is 2. The average molecular weight is 233 g/mol. The first-order valence-electron chi connectivity index (χ1n) is 3.46. The molecule has 0 aliphatic rings. The van der Waals surface area contributed by atoms with Gasteiger partial charge in [0.15, 0.2) is 10.3 Å². The van der Waals surface area contributed by atoms with Crippen molar-refractivity contribution in [2.24, 2.45) is 0 Å². The summed E-state index contributed by atoms with van der Waals surface area (Å²) >= 11 is 17.3. The van der Waals surface area contributed by atoms with E-state index in [2.05, 4.69) is 9.97 Å². The summed E-state index contributed by atoms with van der Waals surface area (Å²) in [4.78, 5) is 8.04. The first-order chi connectivity index (χ1) is 6.18. The smallest absolute Gasteiger partial charge is 0.167 e. The van der Waals surface area contributed by atoms with Gasteiger partial charge in [0.25, 0.3) is 0 Å². The second kappa shape index (κ2) is 3.29. The van der Waals surface area contributed by atoms with Crippen LogP contribution in [0.3, 0.4) is 0 Å². The molecule has 1 aromatic carbocycles. The van der Waals surface area contributed by atoms with Crippen LogP contribution >= 0.6 is 34.8 Å². The molecule has 0 aliphatic carbocycles. The number of hydrogen-bond acceptors (Lipinski definition) is 2. The number of hydrogen-bond donors (Lipinski definition) is 0. The Morgan fingerprint density at radius 2 is 1.62 bits per heavy atom. The average Bonchev–Trinajstić information content (AvgIpc) is 2.09. The van der Waals surface area contributed by atoms with E-state index in [1.165, 1.54) is 0 Å². The number of benzene rings is 1. The summed E-state index contributed by atoms with van der Waals surface area (Å²) in [6, 6.07) is 5.28. The van der Waals surface area contributed by atoms with Crippen LogP contribution in [0.5, 0.6) is 0 Å². The van der Waals surface area contributed by atoms with Gasteiger partial charge in [0, 0.05) is 0 Å². The second-order valence-corrected chi connectivity index (χ2v) is 3.54. The summed E-state index contributed by atoms with van der Waals surface area (Å²) in [6.45, 7) is 0. The van der Waals surface area contributed by atoms with Gasteiger partial charge in [-0.1, -0.05) is 40.9 Å². The van der Waals surface area contributed by atoms with Crippen LogP contribution in [0.1, 0.15) is 0 Å². The van der Waals surface area contributed by atoms with Gasteiger partial charge in [-0.15, -0.1) is 0 Å². The molecular weight excluding hydrogens is 230 g/mol. The fourth-order valence-corrected chi connectivity index (χ4v) is 1.47. The number of rotatable bonds is 0. The molecule has 2 rings (SSSR count). The maximum absolute atomic E-state index is 5.88. The van der Waals surface area contributed by atoms with E-state index in [4.69, 9.17) is 34.8 Å². The van der Waals surface area contributed by atoms with Gasteiger partial charge in [-0.05, 0) is 12.1 Å². The molecule has 0 aliphatic heterocycles. The number of fused-ring (bicyclic) bond motifs is 1. The number of halogens is 3. The van der Waals surface area contributed by atoms with Gasteiger partial charge in [0.1, 0.15) is 5.52 Å². The third-order valence-corrected chi connectivity index (χ3v) is 2.49. The highest BCUT2D eigenvalue weighted by molar-refractivity contribution is 6.41. The lowest BCUT2D eigenvalue weighted by atomic mass is 10.3.